The number of para-hydroxylation sites is 1. The fourth-order valence-corrected chi connectivity index (χ4v) is 2.83. The lowest BCUT2D eigenvalue weighted by Crippen LogP contribution is -1.83. The van der Waals surface area contributed by atoms with Crippen LogP contribution in [0.3, 0.4) is 0 Å². The molecule has 0 aliphatic heterocycles. The molecule has 6 heteroatoms. The number of nitro groups is 1. The van der Waals surface area contributed by atoms with Gasteiger partial charge in [0.15, 0.2) is 5.76 Å². The third-order valence-corrected chi connectivity index (χ3v) is 4.03. The van der Waals surface area contributed by atoms with Crippen molar-refractivity contribution in [1.82, 2.24) is 0 Å². The maximum Gasteiger partial charge on any atom is 0.433 e. The fraction of sp³-hybridized carbons (Fsp3) is 0. The van der Waals surface area contributed by atoms with Crippen LogP contribution in [0.15, 0.2) is 85.9 Å². The Kier molecular flexibility index (Phi) is 4.54. The van der Waals surface area contributed by atoms with Crippen LogP contribution in [-0.2, 0) is 0 Å². The molecule has 0 amide bonds. The molecular weight excluding hydrogens is 312 g/mol. The van der Waals surface area contributed by atoms with E-state index in [-0.39, 0.29) is 5.88 Å². The highest BCUT2D eigenvalue weighted by Gasteiger charge is 2.10. The molecule has 1 aromatic heterocycles. The van der Waals surface area contributed by atoms with Crippen molar-refractivity contribution >= 4 is 29.5 Å². The maximum atomic E-state index is 10.6. The quantitative estimate of drug-likeness (QED) is 0.372. The van der Waals surface area contributed by atoms with E-state index in [1.165, 1.54) is 18.3 Å². The molecule has 0 bridgehead atoms. The first-order chi connectivity index (χ1) is 11.2. The topological polar surface area (TPSA) is 68.6 Å². The van der Waals surface area contributed by atoms with Crippen molar-refractivity contribution in [1.29, 1.82) is 0 Å². The Morgan fingerprint density at radius 3 is 2.48 bits per heavy atom. The molecule has 0 spiro atoms. The number of hydrogen-bond acceptors (Lipinski definition) is 5. The molecule has 0 fully saturated rings. The van der Waals surface area contributed by atoms with Gasteiger partial charge in [0.2, 0.25) is 0 Å². The Labute approximate surface area is 136 Å². The monoisotopic (exact) mass is 324 g/mol. The largest absolute Gasteiger partial charge is 0.433 e. The SMILES string of the molecule is O=[N+]([O-])c1ccc(C=Nc2ccccc2Sc2ccccc2)o1. The first-order valence-corrected chi connectivity index (χ1v) is 7.64. The van der Waals surface area contributed by atoms with Crippen molar-refractivity contribution in [3.8, 4) is 0 Å². The van der Waals surface area contributed by atoms with E-state index < -0.39 is 4.92 Å². The van der Waals surface area contributed by atoms with Gasteiger partial charge in [-0.1, -0.05) is 42.1 Å². The summed E-state index contributed by atoms with van der Waals surface area (Å²) in [5, 5.41) is 10.6. The lowest BCUT2D eigenvalue weighted by molar-refractivity contribution is -0.402. The number of benzene rings is 2. The summed E-state index contributed by atoms with van der Waals surface area (Å²) in [6.45, 7) is 0. The van der Waals surface area contributed by atoms with Crippen LogP contribution < -0.4 is 0 Å². The highest BCUT2D eigenvalue weighted by molar-refractivity contribution is 7.99. The van der Waals surface area contributed by atoms with E-state index in [4.69, 9.17) is 4.42 Å². The third kappa shape index (κ3) is 3.87. The summed E-state index contributed by atoms with van der Waals surface area (Å²) in [6.07, 6.45) is 1.48. The Morgan fingerprint density at radius 1 is 1.00 bits per heavy atom. The van der Waals surface area contributed by atoms with Gasteiger partial charge >= 0.3 is 5.88 Å². The van der Waals surface area contributed by atoms with Crippen LogP contribution in [0.1, 0.15) is 5.76 Å². The molecule has 0 radical (unpaired) electrons. The van der Waals surface area contributed by atoms with Crippen molar-refractivity contribution in [2.24, 2.45) is 4.99 Å². The van der Waals surface area contributed by atoms with Crippen LogP contribution in [0.25, 0.3) is 0 Å². The lowest BCUT2D eigenvalue weighted by Gasteiger charge is -2.04. The average Bonchev–Trinajstić information content (AvgIpc) is 3.04. The number of rotatable bonds is 5. The van der Waals surface area contributed by atoms with E-state index in [2.05, 4.69) is 4.99 Å². The smallest absolute Gasteiger partial charge is 0.400 e. The normalized spacial score (nSPS) is 11.0. The minimum atomic E-state index is -0.573. The van der Waals surface area contributed by atoms with E-state index in [0.29, 0.717) is 5.76 Å². The third-order valence-electron chi connectivity index (χ3n) is 2.96. The predicted octanol–water partition coefficient (Wildman–Crippen LogP) is 5.09. The molecule has 0 atom stereocenters. The van der Waals surface area contributed by atoms with Gasteiger partial charge in [0.25, 0.3) is 0 Å². The summed E-state index contributed by atoms with van der Waals surface area (Å²) in [5.41, 5.74) is 0.778. The van der Waals surface area contributed by atoms with Gasteiger partial charge in [0, 0.05) is 9.79 Å². The number of hydrogen-bond donors (Lipinski definition) is 0. The molecule has 3 rings (SSSR count). The van der Waals surface area contributed by atoms with Crippen molar-refractivity contribution in [2.45, 2.75) is 9.79 Å². The number of aliphatic imine (C=N–C) groups is 1. The highest BCUT2D eigenvalue weighted by atomic mass is 32.2. The van der Waals surface area contributed by atoms with Crippen LogP contribution in [-0.4, -0.2) is 11.1 Å². The van der Waals surface area contributed by atoms with Crippen LogP contribution in [0.2, 0.25) is 0 Å². The second-order valence-electron chi connectivity index (χ2n) is 4.57. The molecule has 2 aromatic carbocycles. The second kappa shape index (κ2) is 6.93. The molecule has 1 heterocycles. The molecule has 0 N–H and O–H groups in total. The number of nitrogens with zero attached hydrogens (tertiary/aromatic N) is 2. The minimum absolute atomic E-state index is 0.293. The van der Waals surface area contributed by atoms with Crippen molar-refractivity contribution in [3.63, 3.8) is 0 Å². The van der Waals surface area contributed by atoms with Gasteiger partial charge in [-0.15, -0.1) is 0 Å². The predicted molar refractivity (Wildman–Crippen MR) is 89.6 cm³/mol. The number of furan rings is 1. The van der Waals surface area contributed by atoms with Crippen LogP contribution in [0.4, 0.5) is 11.6 Å². The summed E-state index contributed by atoms with van der Waals surface area (Å²) in [7, 11) is 0. The Balaban J connectivity index is 1.82. The van der Waals surface area contributed by atoms with Gasteiger partial charge in [-0.3, -0.25) is 15.1 Å². The van der Waals surface area contributed by atoms with E-state index in [9.17, 15) is 10.1 Å². The summed E-state index contributed by atoms with van der Waals surface area (Å²) >= 11 is 1.61. The Hall–Kier alpha value is -2.86. The zero-order chi connectivity index (χ0) is 16.1. The van der Waals surface area contributed by atoms with E-state index >= 15 is 0 Å². The highest BCUT2D eigenvalue weighted by Crippen LogP contribution is 2.34. The van der Waals surface area contributed by atoms with Gasteiger partial charge in [-0.25, -0.2) is 0 Å². The molecular formula is C17H12N2O3S. The molecule has 114 valence electrons. The molecule has 0 saturated heterocycles. The summed E-state index contributed by atoms with van der Waals surface area (Å²) in [4.78, 5) is 16.5. The van der Waals surface area contributed by atoms with Crippen LogP contribution >= 0.6 is 11.8 Å². The fourth-order valence-electron chi connectivity index (χ4n) is 1.91. The zero-order valence-electron chi connectivity index (χ0n) is 12.0. The van der Waals surface area contributed by atoms with Gasteiger partial charge in [0.1, 0.15) is 4.92 Å². The summed E-state index contributed by atoms with van der Waals surface area (Å²) in [5.74, 6) is 0.0506. The van der Waals surface area contributed by atoms with Gasteiger partial charge in [-0.05, 0) is 30.3 Å². The Bertz CT molecular complexity index is 844. The molecule has 5 nitrogen and oxygen atoms in total. The Morgan fingerprint density at radius 2 is 1.74 bits per heavy atom. The van der Waals surface area contributed by atoms with Crippen LogP contribution in [0, 0.1) is 10.1 Å². The van der Waals surface area contributed by atoms with Crippen LogP contribution in [0.5, 0.6) is 0 Å². The van der Waals surface area contributed by atoms with Crippen molar-refractivity contribution < 1.29 is 9.34 Å². The molecule has 0 saturated carbocycles. The molecule has 23 heavy (non-hydrogen) atoms. The average molecular weight is 324 g/mol. The standard InChI is InChI=1S/C17H12N2O3S/c20-19(21)17-11-10-13(22-17)12-18-15-8-4-5-9-16(15)23-14-6-2-1-3-7-14/h1-12H. The lowest BCUT2D eigenvalue weighted by atomic mass is 10.3. The summed E-state index contributed by atoms with van der Waals surface area (Å²) in [6, 6.07) is 20.5. The maximum absolute atomic E-state index is 10.6. The first-order valence-electron chi connectivity index (χ1n) is 6.82. The van der Waals surface area contributed by atoms with E-state index in [1.54, 1.807) is 11.8 Å². The van der Waals surface area contributed by atoms with Gasteiger partial charge < -0.3 is 4.42 Å². The van der Waals surface area contributed by atoms with Gasteiger partial charge in [-0.2, -0.15) is 0 Å². The minimum Gasteiger partial charge on any atom is -0.400 e. The second-order valence-corrected chi connectivity index (χ2v) is 5.69. The van der Waals surface area contributed by atoms with Crippen molar-refractivity contribution in [2.75, 3.05) is 0 Å². The zero-order valence-corrected chi connectivity index (χ0v) is 12.8. The first kappa shape index (κ1) is 15.1. The molecule has 0 unspecified atom stereocenters. The van der Waals surface area contributed by atoms with Gasteiger partial charge in [0.05, 0.1) is 18.0 Å². The van der Waals surface area contributed by atoms with E-state index in [1.807, 2.05) is 54.6 Å². The summed E-state index contributed by atoms with van der Waals surface area (Å²) < 4.78 is 5.07. The molecule has 0 aliphatic rings. The molecule has 3 aromatic rings. The van der Waals surface area contributed by atoms with Crippen molar-refractivity contribution in [3.05, 3.63) is 82.6 Å². The van der Waals surface area contributed by atoms with E-state index in [0.717, 1.165) is 15.5 Å². The molecule has 0 aliphatic carbocycles.